The highest BCUT2D eigenvalue weighted by atomic mass is 35.5. The molecule has 0 aromatic carbocycles. The van der Waals surface area contributed by atoms with E-state index in [9.17, 15) is 0 Å². The highest BCUT2D eigenvalue weighted by Gasteiger charge is 2.11. The average Bonchev–Trinajstić information content (AvgIpc) is 2.55. The van der Waals surface area contributed by atoms with E-state index in [-0.39, 0.29) is 6.61 Å². The summed E-state index contributed by atoms with van der Waals surface area (Å²) in [6, 6.07) is 0. The van der Waals surface area contributed by atoms with Gasteiger partial charge in [-0.25, -0.2) is 0 Å². The minimum absolute atomic E-state index is 0.258. The molecule has 1 rings (SSSR count). The first-order chi connectivity index (χ1) is 7.70. The molecule has 92 valence electrons. The van der Waals surface area contributed by atoms with Crippen molar-refractivity contribution in [3.05, 3.63) is 16.4 Å². The number of rotatable bonds is 7. The second-order valence-electron chi connectivity index (χ2n) is 3.79. The lowest BCUT2D eigenvalue weighted by atomic mass is 10.3. The predicted molar refractivity (Wildman–Crippen MR) is 65.6 cm³/mol. The number of nitrogens with one attached hydrogen (secondary N) is 1. The molecule has 0 aliphatic carbocycles. The molecule has 1 heterocycles. The molecule has 0 aliphatic heterocycles. The first kappa shape index (κ1) is 13.5. The molecule has 0 atom stereocenters. The zero-order valence-corrected chi connectivity index (χ0v) is 10.7. The molecule has 0 spiro atoms. The Morgan fingerprint density at radius 1 is 1.44 bits per heavy atom. The number of hydrogen-bond acceptors (Lipinski definition) is 3. The third-order valence-corrected chi connectivity index (χ3v) is 2.99. The SMILES string of the molecule is CCc1nn(C)c(CNCCCCO)c1Cl. The number of halogens is 1. The fourth-order valence-corrected chi connectivity index (χ4v) is 1.94. The van der Waals surface area contributed by atoms with Gasteiger partial charge < -0.3 is 10.4 Å². The van der Waals surface area contributed by atoms with Crippen molar-refractivity contribution in [1.29, 1.82) is 0 Å². The molecule has 0 amide bonds. The highest BCUT2D eigenvalue weighted by molar-refractivity contribution is 6.31. The normalized spacial score (nSPS) is 11.0. The van der Waals surface area contributed by atoms with Gasteiger partial charge in [0.2, 0.25) is 0 Å². The number of nitrogens with zero attached hydrogens (tertiary/aromatic N) is 2. The van der Waals surface area contributed by atoms with Crippen molar-refractivity contribution in [3.63, 3.8) is 0 Å². The van der Waals surface area contributed by atoms with Gasteiger partial charge in [-0.3, -0.25) is 4.68 Å². The lowest BCUT2D eigenvalue weighted by Gasteiger charge is -2.05. The summed E-state index contributed by atoms with van der Waals surface area (Å²) >= 11 is 6.21. The van der Waals surface area contributed by atoms with Crippen molar-refractivity contribution < 1.29 is 5.11 Å². The van der Waals surface area contributed by atoms with Crippen molar-refractivity contribution in [1.82, 2.24) is 15.1 Å². The summed E-state index contributed by atoms with van der Waals surface area (Å²) in [5.74, 6) is 0. The molecule has 0 unspecified atom stereocenters. The topological polar surface area (TPSA) is 50.1 Å². The predicted octanol–water partition coefficient (Wildman–Crippen LogP) is 1.50. The molecule has 0 bridgehead atoms. The Morgan fingerprint density at radius 2 is 2.19 bits per heavy atom. The van der Waals surface area contributed by atoms with Crippen LogP contribution in [0.2, 0.25) is 5.02 Å². The Morgan fingerprint density at radius 3 is 2.75 bits per heavy atom. The van der Waals surface area contributed by atoms with Crippen LogP contribution in [0.1, 0.15) is 31.2 Å². The van der Waals surface area contributed by atoms with Crippen molar-refractivity contribution in [2.45, 2.75) is 32.7 Å². The number of aliphatic hydroxyl groups excluding tert-OH is 1. The largest absolute Gasteiger partial charge is 0.396 e. The molecule has 1 aromatic rings. The fourth-order valence-electron chi connectivity index (χ4n) is 1.58. The third kappa shape index (κ3) is 3.47. The highest BCUT2D eigenvalue weighted by Crippen LogP contribution is 2.20. The Bertz CT molecular complexity index is 325. The molecule has 0 saturated heterocycles. The van der Waals surface area contributed by atoms with Gasteiger partial charge in [0.25, 0.3) is 0 Å². The van der Waals surface area contributed by atoms with Crippen molar-refractivity contribution >= 4 is 11.6 Å². The molecule has 1 aromatic heterocycles. The monoisotopic (exact) mass is 245 g/mol. The summed E-state index contributed by atoms with van der Waals surface area (Å²) < 4.78 is 1.83. The molecule has 16 heavy (non-hydrogen) atoms. The molecule has 0 saturated carbocycles. The maximum atomic E-state index is 8.64. The van der Waals surface area contributed by atoms with E-state index in [4.69, 9.17) is 16.7 Å². The van der Waals surface area contributed by atoms with Crippen LogP contribution in [-0.2, 0) is 20.0 Å². The van der Waals surface area contributed by atoms with E-state index in [1.54, 1.807) is 0 Å². The number of aryl methyl sites for hydroxylation is 2. The molecule has 2 N–H and O–H groups in total. The van der Waals surface area contributed by atoms with Crippen molar-refractivity contribution in [2.75, 3.05) is 13.2 Å². The van der Waals surface area contributed by atoms with Gasteiger partial charge in [-0.15, -0.1) is 0 Å². The number of unbranched alkanes of at least 4 members (excludes halogenated alkanes) is 1. The number of aromatic nitrogens is 2. The standard InChI is InChI=1S/C11H20ClN3O/c1-3-9-11(12)10(15(2)14-9)8-13-6-4-5-7-16/h13,16H,3-8H2,1-2H3. The van der Waals surface area contributed by atoms with Gasteiger partial charge >= 0.3 is 0 Å². The summed E-state index contributed by atoms with van der Waals surface area (Å²) in [6.45, 7) is 3.93. The molecule has 4 nitrogen and oxygen atoms in total. The van der Waals surface area contributed by atoms with Gasteiger partial charge in [-0.05, 0) is 25.8 Å². The van der Waals surface area contributed by atoms with Crippen LogP contribution in [-0.4, -0.2) is 28.0 Å². The first-order valence-corrected chi connectivity index (χ1v) is 6.10. The lowest BCUT2D eigenvalue weighted by Crippen LogP contribution is -2.17. The van der Waals surface area contributed by atoms with Crippen molar-refractivity contribution in [3.8, 4) is 0 Å². The number of aliphatic hydroxyl groups is 1. The average molecular weight is 246 g/mol. The van der Waals surface area contributed by atoms with Crippen LogP contribution in [0.5, 0.6) is 0 Å². The zero-order chi connectivity index (χ0) is 12.0. The van der Waals surface area contributed by atoms with Crippen LogP contribution in [0.3, 0.4) is 0 Å². The molecular weight excluding hydrogens is 226 g/mol. The van der Waals surface area contributed by atoms with E-state index in [1.807, 2.05) is 18.7 Å². The van der Waals surface area contributed by atoms with E-state index in [0.29, 0.717) is 0 Å². The first-order valence-electron chi connectivity index (χ1n) is 5.72. The maximum absolute atomic E-state index is 8.64. The second-order valence-corrected chi connectivity index (χ2v) is 4.17. The molecule has 0 fully saturated rings. The van der Waals surface area contributed by atoms with E-state index in [0.717, 1.165) is 48.8 Å². The van der Waals surface area contributed by atoms with Crippen LogP contribution in [0.25, 0.3) is 0 Å². The Labute approximate surface area is 102 Å². The maximum Gasteiger partial charge on any atom is 0.0863 e. The van der Waals surface area contributed by atoms with Gasteiger partial charge in [-0.2, -0.15) is 5.10 Å². The fraction of sp³-hybridized carbons (Fsp3) is 0.727. The minimum atomic E-state index is 0.258. The van der Waals surface area contributed by atoms with Gasteiger partial charge in [0, 0.05) is 20.2 Å². The molecule has 0 radical (unpaired) electrons. The summed E-state index contributed by atoms with van der Waals surface area (Å²) in [5.41, 5.74) is 1.99. The van der Waals surface area contributed by atoms with Crippen molar-refractivity contribution in [2.24, 2.45) is 7.05 Å². The van der Waals surface area contributed by atoms with Crippen LogP contribution in [0.15, 0.2) is 0 Å². The summed E-state index contributed by atoms with van der Waals surface area (Å²) in [7, 11) is 1.91. The van der Waals surface area contributed by atoms with Gasteiger partial charge in [0.1, 0.15) is 0 Å². The van der Waals surface area contributed by atoms with Gasteiger partial charge in [-0.1, -0.05) is 18.5 Å². The van der Waals surface area contributed by atoms with Crippen LogP contribution < -0.4 is 5.32 Å². The smallest absolute Gasteiger partial charge is 0.0863 e. The van der Waals surface area contributed by atoms with E-state index in [2.05, 4.69) is 10.4 Å². The zero-order valence-electron chi connectivity index (χ0n) is 9.96. The molecule has 5 heteroatoms. The van der Waals surface area contributed by atoms with Crippen LogP contribution in [0.4, 0.5) is 0 Å². The quantitative estimate of drug-likeness (QED) is 0.716. The van der Waals surface area contributed by atoms with Gasteiger partial charge in [0.15, 0.2) is 0 Å². The Balaban J connectivity index is 2.44. The Kier molecular flexibility index (Phi) is 5.80. The van der Waals surface area contributed by atoms with E-state index in [1.165, 1.54) is 0 Å². The molecule has 0 aliphatic rings. The third-order valence-electron chi connectivity index (χ3n) is 2.56. The molecular formula is C11H20ClN3O. The Hall–Kier alpha value is -0.580. The van der Waals surface area contributed by atoms with E-state index >= 15 is 0 Å². The lowest BCUT2D eigenvalue weighted by molar-refractivity contribution is 0.283. The van der Waals surface area contributed by atoms with Gasteiger partial charge in [0.05, 0.1) is 16.4 Å². The van der Waals surface area contributed by atoms with E-state index < -0.39 is 0 Å². The number of hydrogen-bond donors (Lipinski definition) is 2. The summed E-state index contributed by atoms with van der Waals surface area (Å²) in [4.78, 5) is 0. The summed E-state index contributed by atoms with van der Waals surface area (Å²) in [5, 5.41) is 17.1. The van der Waals surface area contributed by atoms with Crippen LogP contribution >= 0.6 is 11.6 Å². The van der Waals surface area contributed by atoms with Crippen LogP contribution in [0, 0.1) is 0 Å². The second kappa shape index (κ2) is 6.89. The summed E-state index contributed by atoms with van der Waals surface area (Å²) in [6.07, 6.45) is 2.68. The minimum Gasteiger partial charge on any atom is -0.396 e.